The van der Waals surface area contributed by atoms with Crippen LogP contribution in [-0.4, -0.2) is 117 Å². The molecule has 4 rings (SSSR count). The first-order valence-electron chi connectivity index (χ1n) is 21.3. The van der Waals surface area contributed by atoms with E-state index in [2.05, 4.69) is 36.6 Å². The van der Waals surface area contributed by atoms with E-state index in [1.807, 2.05) is 44.2 Å². The van der Waals surface area contributed by atoms with E-state index in [4.69, 9.17) is 4.74 Å². The maximum atomic E-state index is 14.3. The zero-order chi connectivity index (χ0) is 43.0. The molecule has 16 nitrogen and oxygen atoms in total. The van der Waals surface area contributed by atoms with Crippen molar-refractivity contribution in [2.45, 2.75) is 154 Å². The average Bonchev–Trinajstić information content (AvgIpc) is 3.69. The summed E-state index contributed by atoms with van der Waals surface area (Å²) in [6.45, 7) is 9.91. The molecule has 6 amide bonds. The topological polar surface area (TPSA) is 227 Å². The van der Waals surface area contributed by atoms with Crippen LogP contribution in [-0.2, 0) is 32.0 Å². The first kappa shape index (κ1) is 47.0. The number of hydrogen-bond donors (Lipinski definition) is 8. The largest absolute Gasteiger partial charge is 0.444 e. The minimum absolute atomic E-state index is 0.0271. The number of rotatable bonds is 19. The molecule has 1 aliphatic heterocycles. The first-order chi connectivity index (χ1) is 28.0. The van der Waals surface area contributed by atoms with Crippen molar-refractivity contribution in [1.82, 2.24) is 41.5 Å². The summed E-state index contributed by atoms with van der Waals surface area (Å²) >= 11 is 0. The Morgan fingerprint density at radius 2 is 1.56 bits per heavy atom. The molecule has 2 aliphatic rings. The fourth-order valence-corrected chi connectivity index (χ4v) is 7.68. The van der Waals surface area contributed by atoms with Crippen molar-refractivity contribution in [2.75, 3.05) is 19.6 Å². The number of nitrogens with one attached hydrogen (secondary N) is 6. The van der Waals surface area contributed by atoms with Gasteiger partial charge in [0.25, 0.3) is 0 Å². The van der Waals surface area contributed by atoms with E-state index in [1.165, 1.54) is 6.33 Å². The zero-order valence-electron chi connectivity index (χ0n) is 35.5. The molecule has 16 heteroatoms. The van der Waals surface area contributed by atoms with E-state index in [9.17, 15) is 34.2 Å². The zero-order valence-corrected chi connectivity index (χ0v) is 35.5. The van der Waals surface area contributed by atoms with Crippen LogP contribution in [0.1, 0.15) is 110 Å². The Bertz CT molecular complexity index is 1600. The molecule has 2 heterocycles. The van der Waals surface area contributed by atoms with E-state index < -0.39 is 59.9 Å². The van der Waals surface area contributed by atoms with Crippen LogP contribution in [0.3, 0.4) is 0 Å². The van der Waals surface area contributed by atoms with Crippen molar-refractivity contribution in [3.63, 3.8) is 0 Å². The van der Waals surface area contributed by atoms with Gasteiger partial charge < -0.3 is 51.4 Å². The third-order valence-electron chi connectivity index (χ3n) is 10.8. The van der Waals surface area contributed by atoms with Crippen molar-refractivity contribution in [2.24, 2.45) is 11.8 Å². The number of aliphatic hydroxyl groups is 2. The highest BCUT2D eigenvalue weighted by Gasteiger charge is 2.34. The number of ether oxygens (including phenoxy) is 1. The second-order valence-corrected chi connectivity index (χ2v) is 17.7. The molecule has 2 aromatic rings. The van der Waals surface area contributed by atoms with Crippen LogP contribution >= 0.6 is 0 Å². The maximum Gasteiger partial charge on any atom is 0.407 e. The summed E-state index contributed by atoms with van der Waals surface area (Å²) in [4.78, 5) is 75.4. The summed E-state index contributed by atoms with van der Waals surface area (Å²) < 4.78 is 5.38. The number of urea groups is 1. The van der Waals surface area contributed by atoms with Crippen LogP contribution < -0.4 is 26.6 Å². The van der Waals surface area contributed by atoms with Crippen molar-refractivity contribution < 1.29 is 38.9 Å². The molecule has 0 bridgehead atoms. The maximum absolute atomic E-state index is 14.3. The van der Waals surface area contributed by atoms with E-state index in [0.29, 0.717) is 44.5 Å². The predicted molar refractivity (Wildman–Crippen MR) is 223 cm³/mol. The molecule has 2 fully saturated rings. The number of benzene rings is 1. The highest BCUT2D eigenvalue weighted by molar-refractivity contribution is 5.92. The molecule has 1 aromatic heterocycles. The molecule has 1 saturated carbocycles. The second-order valence-electron chi connectivity index (χ2n) is 17.7. The predicted octanol–water partition coefficient (Wildman–Crippen LogP) is 3.48. The fraction of sp³-hybridized carbons (Fsp3) is 0.674. The minimum atomic E-state index is -1.13. The standard InChI is InChI=1S/C43H68N8O8/c1-28(2)20-38(54)45-26-33(52)24-37(53)34(21-29-12-8-6-9-13-29)48-40(56)36(23-32-25-44-27-46-32)49-39(55)35(22-30-14-10-7-11-15-30)50-41(57)51-18-16-31(17-19-51)47-42(58)59-43(3,4)5/h7,10-11,14-15,25,27-29,31,33-37,52-53H,6,8-9,12-13,16-24,26H2,1-5H3,(H,44,46)(H,45,54)(H,47,58)(H,48,56)(H,49,55)(H,50,57)/t33-,34-,35-,36-,37-/m0/s1. The highest BCUT2D eigenvalue weighted by atomic mass is 16.6. The number of H-pyrrole nitrogens is 1. The van der Waals surface area contributed by atoms with E-state index in [-0.39, 0.29) is 49.6 Å². The summed E-state index contributed by atoms with van der Waals surface area (Å²) in [5.74, 6) is -0.864. The van der Waals surface area contributed by atoms with E-state index in [0.717, 1.165) is 37.7 Å². The van der Waals surface area contributed by atoms with Gasteiger partial charge in [-0.3, -0.25) is 14.4 Å². The smallest absolute Gasteiger partial charge is 0.407 e. The molecule has 0 spiro atoms. The Morgan fingerprint density at radius 1 is 0.898 bits per heavy atom. The van der Waals surface area contributed by atoms with Gasteiger partial charge in [0.15, 0.2) is 0 Å². The number of carbonyl (C=O) groups is 5. The van der Waals surface area contributed by atoms with Gasteiger partial charge in [-0.25, -0.2) is 14.6 Å². The summed E-state index contributed by atoms with van der Waals surface area (Å²) in [6, 6.07) is 5.75. The van der Waals surface area contributed by atoms with Gasteiger partial charge in [-0.15, -0.1) is 0 Å². The number of aromatic nitrogens is 2. The van der Waals surface area contributed by atoms with E-state index >= 15 is 0 Å². The van der Waals surface area contributed by atoms with Crippen LogP contribution in [0, 0.1) is 11.8 Å². The molecule has 1 aliphatic carbocycles. The Hall–Kier alpha value is -4.70. The van der Waals surface area contributed by atoms with Crippen LogP contribution in [0.25, 0.3) is 0 Å². The quantitative estimate of drug-likeness (QED) is 0.104. The normalized spacial score (nSPS) is 17.9. The lowest BCUT2D eigenvalue weighted by molar-refractivity contribution is -0.131. The van der Waals surface area contributed by atoms with Gasteiger partial charge in [0, 0.05) is 63.3 Å². The highest BCUT2D eigenvalue weighted by Crippen LogP contribution is 2.29. The van der Waals surface area contributed by atoms with Crippen molar-refractivity contribution in [1.29, 1.82) is 0 Å². The number of amides is 6. The number of aliphatic hydroxyl groups excluding tert-OH is 2. The van der Waals surface area contributed by atoms with Gasteiger partial charge >= 0.3 is 12.1 Å². The number of imidazole rings is 1. The fourth-order valence-electron chi connectivity index (χ4n) is 7.68. The van der Waals surface area contributed by atoms with Crippen molar-refractivity contribution in [3.8, 4) is 0 Å². The number of aromatic amines is 1. The third-order valence-corrected chi connectivity index (χ3v) is 10.8. The van der Waals surface area contributed by atoms with Crippen molar-refractivity contribution >= 4 is 29.8 Å². The molecule has 59 heavy (non-hydrogen) atoms. The van der Waals surface area contributed by atoms with Crippen LogP contribution in [0.4, 0.5) is 9.59 Å². The molecular weight excluding hydrogens is 757 g/mol. The van der Waals surface area contributed by atoms with Gasteiger partial charge in [-0.2, -0.15) is 0 Å². The number of alkyl carbamates (subject to hydrolysis) is 1. The summed E-state index contributed by atoms with van der Waals surface area (Å²) in [5.41, 5.74) is 0.762. The first-order valence-corrected chi connectivity index (χ1v) is 21.3. The number of carbonyl (C=O) groups excluding carboxylic acids is 5. The minimum Gasteiger partial charge on any atom is -0.444 e. The molecule has 0 unspecified atom stereocenters. The Morgan fingerprint density at radius 3 is 2.19 bits per heavy atom. The van der Waals surface area contributed by atoms with Crippen LogP contribution in [0.2, 0.25) is 0 Å². The SMILES string of the molecule is CC(C)CC(=O)NC[C@@H](O)C[C@H](O)[C@H](CC1CCCCC1)NC(=O)[C@H](Cc1cnc[nH]1)NC(=O)[C@H](Cc1ccccc1)NC(=O)N1CCC(NC(=O)OC(C)(C)C)CC1. The molecular formula is C43H68N8O8. The average molecular weight is 825 g/mol. The lowest BCUT2D eigenvalue weighted by Gasteiger charge is -2.34. The Kier molecular flexibility index (Phi) is 18.5. The summed E-state index contributed by atoms with van der Waals surface area (Å²) in [7, 11) is 0. The summed E-state index contributed by atoms with van der Waals surface area (Å²) in [6.07, 6.45) is 7.48. The number of hydrogen-bond acceptors (Lipinski definition) is 9. The number of likely N-dealkylation sites (tertiary alicyclic amines) is 1. The van der Waals surface area contributed by atoms with E-state index in [1.54, 1.807) is 31.9 Å². The Labute approximate surface area is 348 Å². The van der Waals surface area contributed by atoms with Gasteiger partial charge in [0.1, 0.15) is 17.7 Å². The lowest BCUT2D eigenvalue weighted by Crippen LogP contribution is -2.59. The third kappa shape index (κ3) is 17.2. The molecule has 8 N–H and O–H groups in total. The Balaban J connectivity index is 1.47. The molecule has 1 saturated heterocycles. The van der Waals surface area contributed by atoms with Crippen molar-refractivity contribution in [3.05, 3.63) is 54.1 Å². The second kappa shape index (κ2) is 23.2. The monoisotopic (exact) mass is 825 g/mol. The molecule has 5 atom stereocenters. The summed E-state index contributed by atoms with van der Waals surface area (Å²) in [5, 5.41) is 36.7. The van der Waals surface area contributed by atoms with Gasteiger partial charge in [0.2, 0.25) is 17.7 Å². The number of piperidine rings is 1. The van der Waals surface area contributed by atoms with Crippen LogP contribution in [0.5, 0.6) is 0 Å². The van der Waals surface area contributed by atoms with Gasteiger partial charge in [0.05, 0.1) is 24.6 Å². The number of nitrogens with zero attached hydrogens (tertiary/aromatic N) is 2. The van der Waals surface area contributed by atoms with Gasteiger partial charge in [-0.05, 0) is 57.4 Å². The van der Waals surface area contributed by atoms with Gasteiger partial charge in [-0.1, -0.05) is 76.3 Å². The molecule has 328 valence electrons. The van der Waals surface area contributed by atoms with Crippen LogP contribution in [0.15, 0.2) is 42.9 Å². The lowest BCUT2D eigenvalue weighted by atomic mass is 9.83. The molecule has 0 radical (unpaired) electrons. The molecule has 1 aromatic carbocycles.